The summed E-state index contributed by atoms with van der Waals surface area (Å²) in [4.78, 5) is 11.2. The normalized spacial score (nSPS) is 24.9. The van der Waals surface area contributed by atoms with E-state index in [-0.39, 0.29) is 11.3 Å². The van der Waals surface area contributed by atoms with Gasteiger partial charge in [-0.2, -0.15) is 0 Å². The molecule has 1 unspecified atom stereocenters. The Balaban J connectivity index is 2.74. The van der Waals surface area contributed by atoms with Crippen molar-refractivity contribution in [2.24, 2.45) is 0 Å². The van der Waals surface area contributed by atoms with Gasteiger partial charge < -0.3 is 5.11 Å². The second-order valence-electron chi connectivity index (χ2n) is 4.96. The number of fused-ring (bicyclic) bond motifs is 1. The van der Waals surface area contributed by atoms with E-state index in [1.54, 1.807) is 18.2 Å². The van der Waals surface area contributed by atoms with Gasteiger partial charge in [0, 0.05) is 0 Å². The highest BCUT2D eigenvalue weighted by Crippen LogP contribution is 2.41. The molecule has 1 aromatic carbocycles. The van der Waals surface area contributed by atoms with Crippen molar-refractivity contribution in [3.63, 3.8) is 0 Å². The lowest BCUT2D eigenvalue weighted by Gasteiger charge is -2.35. The second-order valence-corrected chi connectivity index (χ2v) is 7.05. The van der Waals surface area contributed by atoms with E-state index >= 15 is 0 Å². The first-order chi connectivity index (χ1) is 7.77. The molecule has 92 valence electrons. The monoisotopic (exact) mass is 254 g/mol. The first-order valence-corrected chi connectivity index (χ1v) is 6.88. The van der Waals surface area contributed by atoms with Crippen LogP contribution in [0, 0.1) is 0 Å². The van der Waals surface area contributed by atoms with E-state index in [1.165, 1.54) is 6.07 Å². The van der Waals surface area contributed by atoms with Crippen LogP contribution in [0.1, 0.15) is 25.8 Å². The van der Waals surface area contributed by atoms with E-state index in [4.69, 9.17) is 5.11 Å². The zero-order chi connectivity index (χ0) is 12.8. The molecule has 0 bridgehead atoms. The van der Waals surface area contributed by atoms with Gasteiger partial charge in [-0.25, -0.2) is 8.42 Å². The molecular weight excluding hydrogens is 240 g/mol. The molecule has 0 aliphatic carbocycles. The van der Waals surface area contributed by atoms with Gasteiger partial charge >= 0.3 is 5.97 Å². The van der Waals surface area contributed by atoms with E-state index in [0.29, 0.717) is 5.56 Å². The van der Waals surface area contributed by atoms with Crippen LogP contribution in [-0.2, 0) is 20.0 Å². The Kier molecular flexibility index (Phi) is 2.54. The molecule has 0 aromatic heterocycles. The van der Waals surface area contributed by atoms with Gasteiger partial charge in [-0.05, 0) is 23.5 Å². The maximum absolute atomic E-state index is 12.2. The number of carboxylic acids is 1. The Bertz CT molecular complexity index is 572. The molecule has 0 amide bonds. The second kappa shape index (κ2) is 3.57. The smallest absolute Gasteiger partial charge is 0.322 e. The van der Waals surface area contributed by atoms with E-state index in [9.17, 15) is 13.2 Å². The summed E-state index contributed by atoms with van der Waals surface area (Å²) in [5, 5.41) is 7.71. The standard InChI is InChI=1S/C12H14O4S/c1-12(2)7-10(11(13)14)17(15,16)9-6-4-3-5-8(9)12/h3-6,10H,7H2,1-2H3,(H,13,14). The molecule has 17 heavy (non-hydrogen) atoms. The van der Waals surface area contributed by atoms with Crippen molar-refractivity contribution in [1.82, 2.24) is 0 Å². The summed E-state index contributed by atoms with van der Waals surface area (Å²) in [7, 11) is -3.75. The molecule has 0 saturated heterocycles. The van der Waals surface area contributed by atoms with Gasteiger partial charge in [-0.15, -0.1) is 0 Å². The van der Waals surface area contributed by atoms with Gasteiger partial charge in [-0.3, -0.25) is 4.79 Å². The Morgan fingerprint density at radius 2 is 1.94 bits per heavy atom. The van der Waals surface area contributed by atoms with E-state index in [2.05, 4.69) is 0 Å². The van der Waals surface area contributed by atoms with E-state index < -0.39 is 26.5 Å². The molecule has 2 rings (SSSR count). The molecule has 0 fully saturated rings. The van der Waals surface area contributed by atoms with Crippen LogP contribution in [0.2, 0.25) is 0 Å². The van der Waals surface area contributed by atoms with Gasteiger partial charge in [-0.1, -0.05) is 32.0 Å². The lowest BCUT2D eigenvalue weighted by atomic mass is 9.80. The quantitative estimate of drug-likeness (QED) is 0.826. The highest BCUT2D eigenvalue weighted by atomic mass is 32.2. The van der Waals surface area contributed by atoms with Crippen LogP contribution in [0.4, 0.5) is 0 Å². The number of hydrogen-bond acceptors (Lipinski definition) is 3. The minimum Gasteiger partial charge on any atom is -0.480 e. The SMILES string of the molecule is CC1(C)CC(C(=O)O)S(=O)(=O)c2ccccc21. The molecule has 1 atom stereocenters. The number of benzene rings is 1. The molecule has 1 heterocycles. The van der Waals surface area contributed by atoms with Gasteiger partial charge in [0.05, 0.1) is 4.90 Å². The van der Waals surface area contributed by atoms with Crippen molar-refractivity contribution in [2.45, 2.75) is 35.8 Å². The third-order valence-electron chi connectivity index (χ3n) is 3.27. The third-order valence-corrected chi connectivity index (χ3v) is 5.35. The average molecular weight is 254 g/mol. The van der Waals surface area contributed by atoms with Crippen molar-refractivity contribution >= 4 is 15.8 Å². The summed E-state index contributed by atoms with van der Waals surface area (Å²) in [5.41, 5.74) is 0.267. The Hall–Kier alpha value is -1.36. The van der Waals surface area contributed by atoms with Crippen LogP contribution in [0.25, 0.3) is 0 Å². The molecule has 0 spiro atoms. The van der Waals surface area contributed by atoms with Crippen LogP contribution >= 0.6 is 0 Å². The van der Waals surface area contributed by atoms with Crippen molar-refractivity contribution in [2.75, 3.05) is 0 Å². The summed E-state index contributed by atoms with van der Waals surface area (Å²) in [6.45, 7) is 3.74. The maximum Gasteiger partial charge on any atom is 0.322 e. The van der Waals surface area contributed by atoms with E-state index in [1.807, 2.05) is 13.8 Å². The van der Waals surface area contributed by atoms with Crippen LogP contribution in [0.15, 0.2) is 29.2 Å². The Morgan fingerprint density at radius 3 is 2.53 bits per heavy atom. The molecule has 1 aliphatic rings. The zero-order valence-corrected chi connectivity index (χ0v) is 10.5. The average Bonchev–Trinajstić information content (AvgIpc) is 2.24. The number of carboxylic acid groups (broad SMARTS) is 1. The zero-order valence-electron chi connectivity index (χ0n) is 9.67. The molecule has 0 saturated carbocycles. The lowest BCUT2D eigenvalue weighted by molar-refractivity contribution is -0.137. The molecular formula is C12H14O4S. The molecule has 1 N–H and O–H groups in total. The van der Waals surface area contributed by atoms with Crippen LogP contribution < -0.4 is 0 Å². The topological polar surface area (TPSA) is 71.4 Å². The molecule has 5 heteroatoms. The summed E-state index contributed by atoms with van der Waals surface area (Å²) in [5.74, 6) is -1.27. The summed E-state index contributed by atoms with van der Waals surface area (Å²) < 4.78 is 24.3. The minimum atomic E-state index is -3.75. The number of carbonyl (C=O) groups is 1. The van der Waals surface area contributed by atoms with Gasteiger partial charge in [0.1, 0.15) is 0 Å². The fourth-order valence-corrected chi connectivity index (χ4v) is 4.46. The Morgan fingerprint density at radius 1 is 1.35 bits per heavy atom. The highest BCUT2D eigenvalue weighted by Gasteiger charge is 2.46. The predicted molar refractivity (Wildman–Crippen MR) is 62.7 cm³/mol. The van der Waals surface area contributed by atoms with Gasteiger partial charge in [0.2, 0.25) is 0 Å². The predicted octanol–water partition coefficient (Wildman–Crippen LogP) is 1.59. The van der Waals surface area contributed by atoms with Crippen LogP contribution in [0.5, 0.6) is 0 Å². The molecule has 4 nitrogen and oxygen atoms in total. The molecule has 1 aromatic rings. The number of hydrogen-bond donors (Lipinski definition) is 1. The Labute approximate surface area is 100 Å². The van der Waals surface area contributed by atoms with Crippen LogP contribution in [-0.4, -0.2) is 24.7 Å². The third kappa shape index (κ3) is 1.74. The number of sulfone groups is 1. The first kappa shape index (κ1) is 12.1. The van der Waals surface area contributed by atoms with E-state index in [0.717, 1.165) is 0 Å². The van der Waals surface area contributed by atoms with Gasteiger partial charge in [0.25, 0.3) is 0 Å². The highest BCUT2D eigenvalue weighted by molar-refractivity contribution is 7.93. The minimum absolute atomic E-state index is 0.113. The lowest BCUT2D eigenvalue weighted by Crippen LogP contribution is -2.42. The first-order valence-electron chi connectivity index (χ1n) is 5.33. The molecule has 0 radical (unpaired) electrons. The summed E-state index contributed by atoms with van der Waals surface area (Å²) in [6, 6.07) is 6.64. The van der Waals surface area contributed by atoms with Crippen molar-refractivity contribution < 1.29 is 18.3 Å². The summed E-state index contributed by atoms with van der Waals surface area (Å²) >= 11 is 0. The fourth-order valence-electron chi connectivity index (χ4n) is 2.33. The summed E-state index contributed by atoms with van der Waals surface area (Å²) in [6.07, 6.45) is 0.113. The van der Waals surface area contributed by atoms with Gasteiger partial charge in [0.15, 0.2) is 15.1 Å². The van der Waals surface area contributed by atoms with Crippen molar-refractivity contribution in [3.8, 4) is 0 Å². The maximum atomic E-state index is 12.2. The number of aliphatic carboxylic acids is 1. The fraction of sp³-hybridized carbons (Fsp3) is 0.417. The van der Waals surface area contributed by atoms with Crippen LogP contribution in [0.3, 0.4) is 0 Å². The number of rotatable bonds is 1. The van der Waals surface area contributed by atoms with Crippen molar-refractivity contribution in [1.29, 1.82) is 0 Å². The molecule has 1 aliphatic heterocycles. The van der Waals surface area contributed by atoms with Crippen molar-refractivity contribution in [3.05, 3.63) is 29.8 Å². The largest absolute Gasteiger partial charge is 0.480 e.